The summed E-state index contributed by atoms with van der Waals surface area (Å²) < 4.78 is 10.4. The van der Waals surface area contributed by atoms with Crippen molar-refractivity contribution in [3.8, 4) is 0 Å². The van der Waals surface area contributed by atoms with Gasteiger partial charge in [0, 0.05) is 17.5 Å². The number of benzene rings is 1. The number of nitrogens with zero attached hydrogens (tertiary/aromatic N) is 1. The van der Waals surface area contributed by atoms with Crippen molar-refractivity contribution in [2.45, 2.75) is 19.3 Å². The van der Waals surface area contributed by atoms with Crippen LogP contribution in [-0.2, 0) is 9.53 Å². The van der Waals surface area contributed by atoms with Gasteiger partial charge in [-0.3, -0.25) is 9.69 Å². The fraction of sp³-hybridized carbons (Fsp3) is 0.333. The van der Waals surface area contributed by atoms with Crippen LogP contribution in [0.1, 0.15) is 23.7 Å². The lowest BCUT2D eigenvalue weighted by molar-refractivity contribution is -0.117. The maximum Gasteiger partial charge on any atom is 0.414 e. The van der Waals surface area contributed by atoms with Gasteiger partial charge in [0.25, 0.3) is 0 Å². The summed E-state index contributed by atoms with van der Waals surface area (Å²) in [4.78, 5) is 25.8. The molecule has 1 N–H and O–H groups in total. The van der Waals surface area contributed by atoms with Crippen LogP contribution in [0.15, 0.2) is 41.0 Å². The molecule has 1 aromatic carbocycles. The van der Waals surface area contributed by atoms with E-state index in [1.807, 2.05) is 37.3 Å². The number of anilines is 2. The monoisotopic (exact) mass is 326 g/mol. The molecule has 1 saturated heterocycles. The molecule has 0 bridgehead atoms. The quantitative estimate of drug-likeness (QED) is 0.936. The van der Waals surface area contributed by atoms with Gasteiger partial charge in [0.15, 0.2) is 0 Å². The minimum absolute atomic E-state index is 0.0183. The van der Waals surface area contributed by atoms with Gasteiger partial charge < -0.3 is 14.5 Å². The Labute approximate surface area is 139 Å². The molecule has 4 rings (SSSR count). The molecule has 0 unspecified atom stereocenters. The largest absolute Gasteiger partial charge is 0.469 e. The van der Waals surface area contributed by atoms with Crippen molar-refractivity contribution < 1.29 is 18.7 Å². The number of amides is 2. The van der Waals surface area contributed by atoms with Crippen LogP contribution in [0.2, 0.25) is 0 Å². The van der Waals surface area contributed by atoms with Crippen LogP contribution in [0.4, 0.5) is 16.2 Å². The van der Waals surface area contributed by atoms with Crippen molar-refractivity contribution in [3.63, 3.8) is 0 Å². The van der Waals surface area contributed by atoms with Crippen LogP contribution in [0, 0.1) is 12.8 Å². The first-order chi connectivity index (χ1) is 11.6. The van der Waals surface area contributed by atoms with E-state index in [1.165, 1.54) is 0 Å². The van der Waals surface area contributed by atoms with Crippen molar-refractivity contribution in [1.82, 2.24) is 0 Å². The minimum Gasteiger partial charge on any atom is -0.469 e. The Balaban J connectivity index is 1.47. The van der Waals surface area contributed by atoms with E-state index < -0.39 is 0 Å². The lowest BCUT2D eigenvalue weighted by atomic mass is 10.1. The number of carbonyl (C=O) groups excluding carboxylic acids is 2. The number of nitrogens with one attached hydrogen (secondary N) is 1. The van der Waals surface area contributed by atoms with Crippen LogP contribution in [-0.4, -0.2) is 25.2 Å². The molecule has 2 atom stereocenters. The van der Waals surface area contributed by atoms with E-state index in [0.717, 1.165) is 23.4 Å². The van der Waals surface area contributed by atoms with Crippen molar-refractivity contribution in [2.75, 3.05) is 23.4 Å². The first kappa shape index (κ1) is 14.8. The van der Waals surface area contributed by atoms with Crippen LogP contribution in [0.5, 0.6) is 0 Å². The molecular formula is C18H18N2O4. The van der Waals surface area contributed by atoms with Crippen molar-refractivity contribution in [2.24, 2.45) is 5.92 Å². The number of cyclic esters (lactones) is 1. The Hall–Kier alpha value is -2.76. The molecular weight excluding hydrogens is 308 g/mol. The summed E-state index contributed by atoms with van der Waals surface area (Å²) >= 11 is 0. The molecule has 0 radical (unpaired) electrons. The highest BCUT2D eigenvalue weighted by molar-refractivity contribution is 5.97. The normalized spacial score (nSPS) is 22.4. The highest BCUT2D eigenvalue weighted by Crippen LogP contribution is 2.48. The van der Waals surface area contributed by atoms with E-state index in [4.69, 9.17) is 9.15 Å². The molecule has 2 aromatic rings. The summed E-state index contributed by atoms with van der Waals surface area (Å²) in [7, 11) is 0. The zero-order valence-corrected chi connectivity index (χ0v) is 13.3. The maximum absolute atomic E-state index is 12.4. The standard InChI is InChI=1S/C18H18N2O4/c1-11-4-5-12(9-15(11)20-6-8-24-18(20)22)19-17(21)14-10-13(14)16-3-2-7-23-16/h2-5,7,9,13-14H,6,8,10H2,1H3,(H,19,21)/t13-,14+/m0/s1. The molecule has 2 heterocycles. The van der Waals surface area contributed by atoms with E-state index in [9.17, 15) is 9.59 Å². The molecule has 1 aliphatic heterocycles. The Kier molecular flexibility index (Phi) is 3.52. The van der Waals surface area contributed by atoms with E-state index >= 15 is 0 Å². The van der Waals surface area contributed by atoms with Gasteiger partial charge in [0.2, 0.25) is 5.91 Å². The topological polar surface area (TPSA) is 71.8 Å². The molecule has 1 aliphatic carbocycles. The smallest absolute Gasteiger partial charge is 0.414 e. The molecule has 2 fully saturated rings. The molecule has 1 aromatic heterocycles. The summed E-state index contributed by atoms with van der Waals surface area (Å²) in [6, 6.07) is 9.31. The average molecular weight is 326 g/mol. The SMILES string of the molecule is Cc1ccc(NC(=O)[C@@H]2C[C@@H]2c2ccco2)cc1N1CCOC1=O. The average Bonchev–Trinajstić information content (AvgIpc) is 2.97. The van der Waals surface area contributed by atoms with Gasteiger partial charge in [-0.05, 0) is 43.2 Å². The molecule has 24 heavy (non-hydrogen) atoms. The van der Waals surface area contributed by atoms with Gasteiger partial charge in [-0.15, -0.1) is 0 Å². The third kappa shape index (κ3) is 2.64. The zero-order chi connectivity index (χ0) is 16.7. The first-order valence-corrected chi connectivity index (χ1v) is 8.02. The predicted octanol–water partition coefficient (Wildman–Crippen LogP) is 3.29. The van der Waals surface area contributed by atoms with Crippen LogP contribution in [0.3, 0.4) is 0 Å². The Morgan fingerprint density at radius 2 is 2.21 bits per heavy atom. The number of hydrogen-bond donors (Lipinski definition) is 1. The number of hydrogen-bond acceptors (Lipinski definition) is 4. The summed E-state index contributed by atoms with van der Waals surface area (Å²) in [6.45, 7) is 2.85. The van der Waals surface area contributed by atoms with Crippen LogP contribution >= 0.6 is 0 Å². The fourth-order valence-corrected chi connectivity index (χ4v) is 3.13. The second-order valence-corrected chi connectivity index (χ2v) is 6.22. The van der Waals surface area contributed by atoms with Crippen LogP contribution in [0.25, 0.3) is 0 Å². The third-order valence-corrected chi connectivity index (χ3v) is 4.56. The van der Waals surface area contributed by atoms with Crippen molar-refractivity contribution in [3.05, 3.63) is 47.9 Å². The Morgan fingerprint density at radius 1 is 1.33 bits per heavy atom. The molecule has 6 heteroatoms. The summed E-state index contributed by atoms with van der Waals surface area (Å²) in [5, 5.41) is 2.94. The second-order valence-electron chi connectivity index (χ2n) is 6.22. The highest BCUT2D eigenvalue weighted by atomic mass is 16.6. The van der Waals surface area contributed by atoms with Gasteiger partial charge >= 0.3 is 6.09 Å². The highest BCUT2D eigenvalue weighted by Gasteiger charge is 2.45. The molecule has 6 nitrogen and oxygen atoms in total. The predicted molar refractivity (Wildman–Crippen MR) is 88.1 cm³/mol. The third-order valence-electron chi connectivity index (χ3n) is 4.56. The second kappa shape index (κ2) is 5.70. The lowest BCUT2D eigenvalue weighted by Crippen LogP contribution is -2.24. The van der Waals surface area contributed by atoms with Crippen molar-refractivity contribution >= 4 is 23.4 Å². The molecule has 0 spiro atoms. The van der Waals surface area contributed by atoms with Gasteiger partial charge in [0.05, 0.1) is 18.5 Å². The molecule has 2 amide bonds. The molecule has 2 aliphatic rings. The first-order valence-electron chi connectivity index (χ1n) is 8.02. The Bertz CT molecular complexity index is 784. The number of rotatable bonds is 4. The number of aryl methyl sites for hydroxylation is 1. The number of carbonyl (C=O) groups is 2. The number of ether oxygens (including phenoxy) is 1. The zero-order valence-electron chi connectivity index (χ0n) is 13.3. The molecule has 1 saturated carbocycles. The Morgan fingerprint density at radius 3 is 2.92 bits per heavy atom. The maximum atomic E-state index is 12.4. The van der Waals surface area contributed by atoms with Gasteiger partial charge in [-0.2, -0.15) is 0 Å². The van der Waals surface area contributed by atoms with E-state index in [2.05, 4.69) is 5.32 Å². The summed E-state index contributed by atoms with van der Waals surface area (Å²) in [5.74, 6) is 0.950. The van der Waals surface area contributed by atoms with Gasteiger partial charge in [0.1, 0.15) is 12.4 Å². The van der Waals surface area contributed by atoms with Gasteiger partial charge in [-0.25, -0.2) is 4.79 Å². The van der Waals surface area contributed by atoms with Crippen molar-refractivity contribution in [1.29, 1.82) is 0 Å². The lowest BCUT2D eigenvalue weighted by Gasteiger charge is -2.17. The van der Waals surface area contributed by atoms with E-state index in [0.29, 0.717) is 18.8 Å². The number of furan rings is 1. The minimum atomic E-state index is -0.346. The van der Waals surface area contributed by atoms with E-state index in [-0.39, 0.29) is 23.8 Å². The van der Waals surface area contributed by atoms with E-state index in [1.54, 1.807) is 11.2 Å². The summed E-state index contributed by atoms with van der Waals surface area (Å²) in [6.07, 6.45) is 2.09. The summed E-state index contributed by atoms with van der Waals surface area (Å²) in [5.41, 5.74) is 2.42. The fourth-order valence-electron chi connectivity index (χ4n) is 3.13. The molecule has 124 valence electrons. The van der Waals surface area contributed by atoms with Gasteiger partial charge in [-0.1, -0.05) is 6.07 Å². The van der Waals surface area contributed by atoms with Crippen LogP contribution < -0.4 is 10.2 Å².